The van der Waals surface area contributed by atoms with Crippen LogP contribution in [0.25, 0.3) is 0 Å². The van der Waals surface area contributed by atoms with Gasteiger partial charge in [0.1, 0.15) is 11.2 Å². The summed E-state index contributed by atoms with van der Waals surface area (Å²) in [6.45, 7) is 4.16. The third kappa shape index (κ3) is 2.50. The number of rotatable bonds is 3. The van der Waals surface area contributed by atoms with Crippen molar-refractivity contribution in [2.75, 3.05) is 50.0 Å². The van der Waals surface area contributed by atoms with Gasteiger partial charge < -0.3 is 20.5 Å². The number of carbonyl (C=O) groups is 1. The average molecular weight is 333 g/mol. The summed E-state index contributed by atoms with van der Waals surface area (Å²) >= 11 is 0. The first-order valence-corrected chi connectivity index (χ1v) is 8.47. The minimum Gasteiger partial charge on any atom is -0.481 e. The first-order chi connectivity index (χ1) is 11.6. The fraction of sp³-hybridized carbons (Fsp3) is 0.688. The molecule has 4 rings (SSSR count). The van der Waals surface area contributed by atoms with Crippen molar-refractivity contribution in [3.05, 3.63) is 12.3 Å². The molecule has 1 aromatic rings. The zero-order chi connectivity index (χ0) is 16.7. The van der Waals surface area contributed by atoms with Crippen LogP contribution in [0.15, 0.2) is 12.3 Å². The molecule has 0 aliphatic carbocycles. The Labute approximate surface area is 140 Å². The van der Waals surface area contributed by atoms with Crippen LogP contribution in [-0.4, -0.2) is 71.4 Å². The van der Waals surface area contributed by atoms with Gasteiger partial charge in [0.2, 0.25) is 5.95 Å². The maximum Gasteiger partial charge on any atom is 0.313 e. The molecule has 3 N–H and O–H groups in total. The van der Waals surface area contributed by atoms with Crippen LogP contribution in [0.5, 0.6) is 0 Å². The number of hydrogen-bond donors (Lipinski definition) is 2. The van der Waals surface area contributed by atoms with Gasteiger partial charge in [-0.1, -0.05) is 0 Å². The lowest BCUT2D eigenvalue weighted by Gasteiger charge is -2.33. The molecule has 0 radical (unpaired) electrons. The van der Waals surface area contributed by atoms with Gasteiger partial charge >= 0.3 is 5.97 Å². The smallest absolute Gasteiger partial charge is 0.313 e. The molecule has 3 saturated heterocycles. The van der Waals surface area contributed by atoms with E-state index >= 15 is 0 Å². The lowest BCUT2D eigenvalue weighted by Crippen LogP contribution is -2.44. The van der Waals surface area contributed by atoms with E-state index in [1.165, 1.54) is 0 Å². The molecule has 3 aliphatic heterocycles. The quantitative estimate of drug-likeness (QED) is 0.800. The monoisotopic (exact) mass is 333 g/mol. The van der Waals surface area contributed by atoms with E-state index in [-0.39, 0.29) is 11.9 Å². The van der Waals surface area contributed by atoms with Crippen LogP contribution in [0.4, 0.5) is 11.8 Å². The van der Waals surface area contributed by atoms with Gasteiger partial charge in [-0.25, -0.2) is 4.98 Å². The lowest BCUT2D eigenvalue weighted by atomic mass is 9.81. The van der Waals surface area contributed by atoms with E-state index < -0.39 is 11.4 Å². The Morgan fingerprint density at radius 2 is 2.12 bits per heavy atom. The summed E-state index contributed by atoms with van der Waals surface area (Å²) in [6, 6.07) is 2.24. The van der Waals surface area contributed by atoms with Crippen LogP contribution in [0, 0.1) is 11.3 Å². The van der Waals surface area contributed by atoms with Crippen molar-refractivity contribution in [1.29, 1.82) is 0 Å². The predicted octanol–water partition coefficient (Wildman–Crippen LogP) is 0.0606. The highest BCUT2D eigenvalue weighted by Gasteiger charge is 2.58. The number of aliphatic carboxylic acids is 1. The molecule has 24 heavy (non-hydrogen) atoms. The molecule has 3 fully saturated rings. The first-order valence-electron chi connectivity index (χ1n) is 8.47. The number of hydrogen-bond acceptors (Lipinski definition) is 7. The third-order valence-corrected chi connectivity index (χ3v) is 5.75. The van der Waals surface area contributed by atoms with Gasteiger partial charge in [-0.05, 0) is 18.9 Å². The zero-order valence-corrected chi connectivity index (χ0v) is 13.6. The topological polar surface area (TPSA) is 105 Å². The molecular weight excluding hydrogens is 310 g/mol. The summed E-state index contributed by atoms with van der Waals surface area (Å²) in [5.41, 5.74) is 4.94. The number of fused-ring (bicyclic) bond motifs is 1. The van der Waals surface area contributed by atoms with Crippen molar-refractivity contribution in [2.24, 2.45) is 11.3 Å². The van der Waals surface area contributed by atoms with Crippen molar-refractivity contribution in [1.82, 2.24) is 14.9 Å². The zero-order valence-electron chi connectivity index (χ0n) is 13.6. The Hall–Kier alpha value is -1.93. The Kier molecular flexibility index (Phi) is 3.80. The molecule has 0 bridgehead atoms. The van der Waals surface area contributed by atoms with Gasteiger partial charge in [0.15, 0.2) is 0 Å². The Bertz CT molecular complexity index is 636. The number of anilines is 2. The van der Waals surface area contributed by atoms with Gasteiger partial charge in [-0.15, -0.1) is 0 Å². The normalized spacial score (nSPS) is 31.3. The number of nitrogens with two attached hydrogens (primary N) is 1. The van der Waals surface area contributed by atoms with Gasteiger partial charge in [0, 0.05) is 57.5 Å². The van der Waals surface area contributed by atoms with E-state index in [1.807, 2.05) is 4.90 Å². The summed E-state index contributed by atoms with van der Waals surface area (Å²) in [5, 5.41) is 9.97. The number of aromatic nitrogens is 2. The number of carboxylic acid groups (broad SMARTS) is 1. The molecule has 0 amide bonds. The molecule has 8 heteroatoms. The number of likely N-dealkylation sites (tertiary alicyclic amines) is 1. The lowest BCUT2D eigenvalue weighted by molar-refractivity contribution is -0.148. The third-order valence-electron chi connectivity index (χ3n) is 5.75. The van der Waals surface area contributed by atoms with E-state index in [0.717, 1.165) is 38.4 Å². The van der Waals surface area contributed by atoms with Crippen LogP contribution >= 0.6 is 0 Å². The summed E-state index contributed by atoms with van der Waals surface area (Å²) in [4.78, 5) is 24.7. The van der Waals surface area contributed by atoms with Crippen molar-refractivity contribution >= 4 is 17.7 Å². The Balaban J connectivity index is 1.54. The minimum absolute atomic E-state index is 0.106. The van der Waals surface area contributed by atoms with E-state index in [0.29, 0.717) is 25.7 Å². The van der Waals surface area contributed by atoms with E-state index in [1.54, 1.807) is 12.3 Å². The molecular formula is C16H23N5O3. The molecule has 8 nitrogen and oxygen atoms in total. The second-order valence-electron chi connectivity index (χ2n) is 7.08. The number of nitrogens with zero attached hydrogens (tertiary/aromatic N) is 4. The Morgan fingerprint density at radius 3 is 2.79 bits per heavy atom. The summed E-state index contributed by atoms with van der Waals surface area (Å²) < 4.78 is 5.43. The predicted molar refractivity (Wildman–Crippen MR) is 87.6 cm³/mol. The highest BCUT2D eigenvalue weighted by molar-refractivity contribution is 5.78. The fourth-order valence-corrected chi connectivity index (χ4v) is 4.45. The molecule has 0 spiro atoms. The maximum atomic E-state index is 12.1. The molecule has 1 aromatic heterocycles. The largest absolute Gasteiger partial charge is 0.481 e. The molecule has 130 valence electrons. The van der Waals surface area contributed by atoms with Crippen molar-refractivity contribution < 1.29 is 14.6 Å². The van der Waals surface area contributed by atoms with Gasteiger partial charge in [0.05, 0.1) is 0 Å². The standard InChI is InChI=1S/C16H23N5O3/c17-15-18-4-1-13(19-15)21-8-11-7-20(12-2-5-24-6-3-12)9-16(11,10-21)14(22)23/h1,4,11-12H,2-3,5-10H2,(H,22,23)(H2,17,18,19)/t11-,16-/m0/s1. The molecule has 3 aliphatic rings. The summed E-state index contributed by atoms with van der Waals surface area (Å²) in [5.74, 6) is 0.341. The fourth-order valence-electron chi connectivity index (χ4n) is 4.45. The first kappa shape index (κ1) is 15.6. The van der Waals surface area contributed by atoms with Crippen LogP contribution in [0.3, 0.4) is 0 Å². The SMILES string of the molecule is Nc1nccc(N2C[C@@H]3CN(C4CCOCC4)C[C@]3(C(=O)O)C2)n1. The van der Waals surface area contributed by atoms with Crippen molar-refractivity contribution in [2.45, 2.75) is 18.9 Å². The highest BCUT2D eigenvalue weighted by atomic mass is 16.5. The summed E-state index contributed by atoms with van der Waals surface area (Å²) in [7, 11) is 0. The number of carboxylic acids is 1. The Morgan fingerprint density at radius 1 is 1.33 bits per heavy atom. The van der Waals surface area contributed by atoms with Gasteiger partial charge in [-0.2, -0.15) is 4.98 Å². The van der Waals surface area contributed by atoms with E-state index in [2.05, 4.69) is 14.9 Å². The van der Waals surface area contributed by atoms with E-state index in [4.69, 9.17) is 10.5 Å². The second kappa shape index (κ2) is 5.86. The van der Waals surface area contributed by atoms with Crippen molar-refractivity contribution in [3.8, 4) is 0 Å². The summed E-state index contributed by atoms with van der Waals surface area (Å²) in [6.07, 6.45) is 3.61. The highest BCUT2D eigenvalue weighted by Crippen LogP contribution is 2.45. The number of ether oxygens (including phenoxy) is 1. The number of nitrogen functional groups attached to an aromatic ring is 1. The van der Waals surface area contributed by atoms with Gasteiger partial charge in [0.25, 0.3) is 0 Å². The van der Waals surface area contributed by atoms with Crippen LogP contribution in [-0.2, 0) is 9.53 Å². The average Bonchev–Trinajstić information content (AvgIpc) is 3.11. The minimum atomic E-state index is -0.724. The van der Waals surface area contributed by atoms with Crippen LogP contribution < -0.4 is 10.6 Å². The van der Waals surface area contributed by atoms with E-state index in [9.17, 15) is 9.90 Å². The van der Waals surface area contributed by atoms with Crippen molar-refractivity contribution in [3.63, 3.8) is 0 Å². The second-order valence-corrected chi connectivity index (χ2v) is 7.08. The molecule has 4 heterocycles. The molecule has 0 unspecified atom stereocenters. The molecule has 2 atom stereocenters. The van der Waals surface area contributed by atoms with Gasteiger partial charge in [-0.3, -0.25) is 9.69 Å². The van der Waals surface area contributed by atoms with Crippen LogP contribution in [0.2, 0.25) is 0 Å². The molecule has 0 saturated carbocycles. The maximum absolute atomic E-state index is 12.1. The van der Waals surface area contributed by atoms with Crippen LogP contribution in [0.1, 0.15) is 12.8 Å². The molecule has 0 aromatic carbocycles.